The van der Waals surface area contributed by atoms with E-state index in [2.05, 4.69) is 10.3 Å². The maximum Gasteiger partial charge on any atom is 0.251 e. The van der Waals surface area contributed by atoms with Crippen molar-refractivity contribution in [2.45, 2.75) is 43.9 Å². The van der Waals surface area contributed by atoms with Gasteiger partial charge in [0.2, 0.25) is 10.0 Å². The predicted molar refractivity (Wildman–Crippen MR) is 110 cm³/mol. The molecule has 0 saturated carbocycles. The fourth-order valence-corrected chi connectivity index (χ4v) is 5.39. The van der Waals surface area contributed by atoms with Crippen LogP contribution < -0.4 is 5.32 Å². The molecule has 1 aliphatic heterocycles. The molecule has 1 amide bonds. The minimum Gasteiger partial charge on any atom is -0.373 e. The molecule has 7 nitrogen and oxygen atoms in total. The monoisotopic (exact) mass is 437 g/mol. The van der Waals surface area contributed by atoms with Crippen molar-refractivity contribution in [1.82, 2.24) is 14.6 Å². The summed E-state index contributed by atoms with van der Waals surface area (Å²) in [5.74, 6) is -0.391. The van der Waals surface area contributed by atoms with Crippen LogP contribution in [0.2, 0.25) is 5.02 Å². The van der Waals surface area contributed by atoms with Crippen molar-refractivity contribution in [1.29, 1.82) is 0 Å². The quantitative estimate of drug-likeness (QED) is 0.776. The van der Waals surface area contributed by atoms with Crippen molar-refractivity contribution in [3.63, 3.8) is 0 Å². The predicted octanol–water partition coefficient (Wildman–Crippen LogP) is 3.02. The molecule has 0 bridgehead atoms. The zero-order valence-corrected chi connectivity index (χ0v) is 18.1. The zero-order valence-electron chi connectivity index (χ0n) is 16.5. The van der Waals surface area contributed by atoms with Gasteiger partial charge in [0.15, 0.2) is 0 Å². The van der Waals surface area contributed by atoms with E-state index >= 15 is 0 Å². The molecular weight excluding hydrogens is 414 g/mol. The van der Waals surface area contributed by atoms with E-state index in [-0.39, 0.29) is 46.8 Å². The second-order valence-electron chi connectivity index (χ2n) is 7.21. The molecule has 156 valence electrons. The number of rotatable bonds is 5. The molecule has 1 saturated heterocycles. The number of morpholine rings is 1. The van der Waals surface area contributed by atoms with Gasteiger partial charge in [0.25, 0.3) is 5.91 Å². The molecule has 0 aliphatic carbocycles. The standard InChI is InChI=1S/C20H24ClN3O4S/c1-13-11-24(12-14(2)28-13)29(26,27)19-9-16(6-7-18(19)21)20(25)23-15(3)17-5-4-8-22-10-17/h4-10,13-15H,11-12H2,1-3H3,(H,23,25)/t13-,14-,15-/m1/s1. The third kappa shape index (κ3) is 4.95. The smallest absolute Gasteiger partial charge is 0.251 e. The molecule has 0 spiro atoms. The van der Waals surface area contributed by atoms with Gasteiger partial charge in [-0.25, -0.2) is 8.42 Å². The summed E-state index contributed by atoms with van der Waals surface area (Å²) in [4.78, 5) is 16.7. The van der Waals surface area contributed by atoms with Gasteiger partial charge in [0.1, 0.15) is 4.90 Å². The number of nitrogens with zero attached hydrogens (tertiary/aromatic N) is 2. The molecule has 1 N–H and O–H groups in total. The summed E-state index contributed by atoms with van der Waals surface area (Å²) in [6.07, 6.45) is 2.88. The van der Waals surface area contributed by atoms with Crippen molar-refractivity contribution in [2.24, 2.45) is 0 Å². The highest BCUT2D eigenvalue weighted by molar-refractivity contribution is 7.89. The van der Waals surface area contributed by atoms with Gasteiger partial charge < -0.3 is 10.1 Å². The van der Waals surface area contributed by atoms with Gasteiger partial charge in [-0.3, -0.25) is 9.78 Å². The van der Waals surface area contributed by atoms with Crippen molar-refractivity contribution in [2.75, 3.05) is 13.1 Å². The van der Waals surface area contributed by atoms with E-state index in [0.717, 1.165) is 5.56 Å². The number of benzene rings is 1. The Kier molecular flexibility index (Phi) is 6.58. The second kappa shape index (κ2) is 8.79. The first-order chi connectivity index (χ1) is 13.7. The summed E-state index contributed by atoms with van der Waals surface area (Å²) >= 11 is 6.20. The van der Waals surface area contributed by atoms with Crippen molar-refractivity contribution in [3.05, 3.63) is 58.9 Å². The van der Waals surface area contributed by atoms with Crippen molar-refractivity contribution >= 4 is 27.5 Å². The lowest BCUT2D eigenvalue weighted by Crippen LogP contribution is -2.48. The van der Waals surface area contributed by atoms with Crippen molar-refractivity contribution in [3.8, 4) is 0 Å². The molecule has 2 heterocycles. The number of amides is 1. The number of hydrogen-bond donors (Lipinski definition) is 1. The van der Waals surface area contributed by atoms with E-state index in [9.17, 15) is 13.2 Å². The summed E-state index contributed by atoms with van der Waals surface area (Å²) in [7, 11) is -3.86. The van der Waals surface area contributed by atoms with E-state index in [4.69, 9.17) is 16.3 Å². The first kappa shape index (κ1) is 21.7. The van der Waals surface area contributed by atoms with Gasteiger partial charge in [-0.1, -0.05) is 17.7 Å². The average molecular weight is 438 g/mol. The maximum atomic E-state index is 13.2. The molecule has 9 heteroatoms. The Morgan fingerprint density at radius 2 is 1.97 bits per heavy atom. The Hall–Kier alpha value is -2.00. The van der Waals surface area contributed by atoms with Gasteiger partial charge in [-0.2, -0.15) is 4.31 Å². The minimum absolute atomic E-state index is 0.0775. The van der Waals surface area contributed by atoms with Crippen LogP contribution in [0, 0.1) is 0 Å². The summed E-state index contributed by atoms with van der Waals surface area (Å²) in [6.45, 7) is 5.95. The Morgan fingerprint density at radius 3 is 2.59 bits per heavy atom. The fourth-order valence-electron chi connectivity index (χ4n) is 3.30. The lowest BCUT2D eigenvalue weighted by molar-refractivity contribution is -0.0440. The van der Waals surface area contributed by atoms with Crippen LogP contribution in [0.25, 0.3) is 0 Å². The lowest BCUT2D eigenvalue weighted by atomic mass is 10.1. The summed E-state index contributed by atoms with van der Waals surface area (Å²) in [5, 5.41) is 2.93. The third-order valence-electron chi connectivity index (χ3n) is 4.73. The van der Waals surface area contributed by atoms with Crippen LogP contribution in [0.4, 0.5) is 0 Å². The number of halogens is 1. The number of hydrogen-bond acceptors (Lipinski definition) is 5. The molecule has 1 aromatic carbocycles. The largest absolute Gasteiger partial charge is 0.373 e. The van der Waals surface area contributed by atoms with Crippen LogP contribution in [0.5, 0.6) is 0 Å². The number of carbonyl (C=O) groups is 1. The molecule has 0 unspecified atom stereocenters. The highest BCUT2D eigenvalue weighted by Gasteiger charge is 2.34. The summed E-state index contributed by atoms with van der Waals surface area (Å²) in [6, 6.07) is 7.63. The molecule has 1 aromatic heterocycles. The third-order valence-corrected chi connectivity index (χ3v) is 7.04. The van der Waals surface area contributed by atoms with E-state index < -0.39 is 15.9 Å². The van der Waals surface area contributed by atoms with Gasteiger partial charge >= 0.3 is 0 Å². The first-order valence-corrected chi connectivity index (χ1v) is 11.2. The van der Waals surface area contributed by atoms with E-state index in [0.29, 0.717) is 0 Å². The topological polar surface area (TPSA) is 88.6 Å². The number of pyridine rings is 1. The maximum absolute atomic E-state index is 13.2. The number of ether oxygens (including phenoxy) is 1. The Balaban J connectivity index is 1.85. The van der Waals surface area contributed by atoms with Gasteiger partial charge in [0, 0.05) is 31.0 Å². The van der Waals surface area contributed by atoms with Crippen LogP contribution in [0.15, 0.2) is 47.6 Å². The lowest BCUT2D eigenvalue weighted by Gasteiger charge is -2.34. The number of sulfonamides is 1. The number of nitrogens with one attached hydrogen (secondary N) is 1. The Morgan fingerprint density at radius 1 is 1.28 bits per heavy atom. The Labute approximate surface area is 176 Å². The fraction of sp³-hybridized carbons (Fsp3) is 0.400. The van der Waals surface area contributed by atoms with Crippen LogP contribution in [-0.4, -0.2) is 48.9 Å². The molecule has 1 aliphatic rings. The van der Waals surface area contributed by atoms with Crippen LogP contribution in [0.3, 0.4) is 0 Å². The second-order valence-corrected chi connectivity index (χ2v) is 9.52. The van der Waals surface area contributed by atoms with Gasteiger partial charge in [0.05, 0.1) is 23.3 Å². The van der Waals surface area contributed by atoms with Gasteiger partial charge in [-0.15, -0.1) is 0 Å². The van der Waals surface area contributed by atoms with E-state index in [1.54, 1.807) is 18.5 Å². The summed E-state index contributed by atoms with van der Waals surface area (Å²) in [5.41, 5.74) is 1.07. The molecule has 0 radical (unpaired) electrons. The first-order valence-electron chi connectivity index (χ1n) is 9.34. The SMILES string of the molecule is C[C@@H]1CN(S(=O)(=O)c2cc(C(=O)N[C@H](C)c3cccnc3)ccc2Cl)C[C@@H](C)O1. The van der Waals surface area contributed by atoms with E-state index in [1.807, 2.05) is 26.8 Å². The Bertz CT molecular complexity index is 974. The molecule has 2 aromatic rings. The molecule has 3 atom stereocenters. The zero-order chi connectivity index (χ0) is 21.2. The highest BCUT2D eigenvalue weighted by Crippen LogP contribution is 2.28. The number of carbonyl (C=O) groups excluding carboxylic acids is 1. The average Bonchev–Trinajstić information content (AvgIpc) is 2.68. The van der Waals surface area contributed by atoms with Crippen LogP contribution in [0.1, 0.15) is 42.7 Å². The normalized spacial score (nSPS) is 21.5. The number of aromatic nitrogens is 1. The van der Waals surface area contributed by atoms with Crippen molar-refractivity contribution < 1.29 is 17.9 Å². The van der Waals surface area contributed by atoms with Crippen LogP contribution >= 0.6 is 11.6 Å². The minimum atomic E-state index is -3.86. The summed E-state index contributed by atoms with van der Waals surface area (Å²) < 4.78 is 33.3. The molecule has 1 fully saturated rings. The molecule has 3 rings (SSSR count). The highest BCUT2D eigenvalue weighted by atomic mass is 35.5. The molecular formula is C20H24ClN3O4S. The van der Waals surface area contributed by atoms with Gasteiger partial charge in [-0.05, 0) is 50.6 Å². The van der Waals surface area contributed by atoms with Crippen LogP contribution in [-0.2, 0) is 14.8 Å². The molecule has 29 heavy (non-hydrogen) atoms. The van der Waals surface area contributed by atoms with E-state index in [1.165, 1.54) is 22.5 Å².